The molecule has 0 aliphatic heterocycles. The molecule has 3 nitrogen and oxygen atoms in total. The van der Waals surface area contributed by atoms with Gasteiger partial charge in [-0.3, -0.25) is 9.83 Å². The third kappa shape index (κ3) is 4.11. The maximum absolute atomic E-state index is 5.11. The maximum Gasteiger partial charge on any atom is 0.121 e. The van der Waals surface area contributed by atoms with Crippen LogP contribution in [0.15, 0.2) is 4.99 Å². The summed E-state index contributed by atoms with van der Waals surface area (Å²) < 4.78 is 0. The summed E-state index contributed by atoms with van der Waals surface area (Å²) >= 11 is 0. The number of hydrogen-bond donors (Lipinski definition) is 1. The molecule has 0 radical (unpaired) electrons. The molecular weight excluding hydrogens is 140 g/mol. The molecule has 0 spiro atoms. The zero-order valence-corrected chi connectivity index (χ0v) is 7.79. The summed E-state index contributed by atoms with van der Waals surface area (Å²) in [6, 6.07) is 0.302. The second-order valence-electron chi connectivity index (χ2n) is 3.16. The molecule has 0 aromatic carbocycles. The molecule has 2 N–H and O–H groups in total. The minimum Gasteiger partial charge on any atom is -0.293 e. The Hall–Kier alpha value is -0.410. The first kappa shape index (κ1) is 10.6. The van der Waals surface area contributed by atoms with Crippen molar-refractivity contribution in [3.63, 3.8) is 0 Å². The van der Waals surface area contributed by atoms with Crippen LogP contribution >= 0.6 is 0 Å². The number of rotatable bonds is 4. The first-order valence-corrected chi connectivity index (χ1v) is 3.96. The summed E-state index contributed by atoms with van der Waals surface area (Å²) in [6.45, 7) is 7.96. The van der Waals surface area contributed by atoms with Crippen molar-refractivity contribution in [1.82, 2.24) is 0 Å². The predicted molar refractivity (Wildman–Crippen MR) is 47.6 cm³/mol. The fourth-order valence-electron chi connectivity index (χ4n) is 0.512. The van der Waals surface area contributed by atoms with Crippen LogP contribution < -0.4 is 5.90 Å². The molecule has 1 unspecified atom stereocenters. The summed E-state index contributed by atoms with van der Waals surface area (Å²) in [4.78, 5) is 9.00. The first-order valence-electron chi connectivity index (χ1n) is 3.96. The van der Waals surface area contributed by atoms with Gasteiger partial charge in [0.1, 0.15) is 5.60 Å². The van der Waals surface area contributed by atoms with Gasteiger partial charge in [-0.15, -0.1) is 0 Å². The normalized spacial score (nSPS) is 17.6. The molecule has 3 heteroatoms. The van der Waals surface area contributed by atoms with Crippen molar-refractivity contribution in [2.45, 2.75) is 45.8 Å². The lowest BCUT2D eigenvalue weighted by Gasteiger charge is -2.20. The van der Waals surface area contributed by atoms with E-state index in [2.05, 4.69) is 4.99 Å². The van der Waals surface area contributed by atoms with Crippen LogP contribution in [0, 0.1) is 0 Å². The molecule has 0 aromatic rings. The van der Waals surface area contributed by atoms with Gasteiger partial charge in [-0.25, -0.2) is 5.90 Å². The molecule has 0 saturated carbocycles. The van der Waals surface area contributed by atoms with Gasteiger partial charge in [0.05, 0.1) is 0 Å². The van der Waals surface area contributed by atoms with Gasteiger partial charge in [-0.2, -0.15) is 0 Å². The van der Waals surface area contributed by atoms with E-state index < -0.39 is 5.60 Å². The minimum atomic E-state index is -0.399. The van der Waals surface area contributed by atoms with Gasteiger partial charge in [0.25, 0.3) is 0 Å². The smallest absolute Gasteiger partial charge is 0.121 e. The third-order valence-electron chi connectivity index (χ3n) is 1.62. The van der Waals surface area contributed by atoms with Crippen molar-refractivity contribution in [3.8, 4) is 0 Å². The standard InChI is InChI=1S/C8H18N2O/c1-5-8(4,11-9)6-10-7(2)3/h6-7H,5,9H2,1-4H3. The van der Waals surface area contributed by atoms with E-state index >= 15 is 0 Å². The molecule has 0 fully saturated rings. The summed E-state index contributed by atoms with van der Waals surface area (Å²) in [7, 11) is 0. The van der Waals surface area contributed by atoms with Gasteiger partial charge in [0, 0.05) is 12.3 Å². The van der Waals surface area contributed by atoms with E-state index in [1.54, 1.807) is 6.21 Å². The molecule has 0 amide bonds. The number of nitrogens with zero attached hydrogens (tertiary/aromatic N) is 1. The van der Waals surface area contributed by atoms with Gasteiger partial charge in [-0.1, -0.05) is 6.92 Å². The topological polar surface area (TPSA) is 47.6 Å². The minimum absolute atomic E-state index is 0.302. The highest BCUT2D eigenvalue weighted by Gasteiger charge is 2.18. The largest absolute Gasteiger partial charge is 0.293 e. The fraction of sp³-hybridized carbons (Fsp3) is 0.875. The molecule has 0 saturated heterocycles. The predicted octanol–water partition coefficient (Wildman–Crippen LogP) is 1.52. The Labute approximate surface area is 68.6 Å². The Morgan fingerprint density at radius 3 is 2.45 bits per heavy atom. The zero-order chi connectivity index (χ0) is 8.91. The van der Waals surface area contributed by atoms with Crippen LogP contribution in [0.25, 0.3) is 0 Å². The Kier molecular flexibility index (Phi) is 4.30. The van der Waals surface area contributed by atoms with Crippen molar-refractivity contribution in [3.05, 3.63) is 0 Å². The van der Waals surface area contributed by atoms with Crippen LogP contribution in [0.1, 0.15) is 34.1 Å². The van der Waals surface area contributed by atoms with Crippen molar-refractivity contribution in [2.24, 2.45) is 10.9 Å². The van der Waals surface area contributed by atoms with Gasteiger partial charge in [-0.05, 0) is 27.2 Å². The first-order chi connectivity index (χ1) is 5.04. The van der Waals surface area contributed by atoms with E-state index in [0.717, 1.165) is 6.42 Å². The average Bonchev–Trinajstić information content (AvgIpc) is 2.00. The Bertz CT molecular complexity index is 128. The summed E-state index contributed by atoms with van der Waals surface area (Å²) in [5.41, 5.74) is -0.399. The average molecular weight is 158 g/mol. The van der Waals surface area contributed by atoms with Crippen molar-refractivity contribution >= 4 is 6.21 Å². The summed E-state index contributed by atoms with van der Waals surface area (Å²) in [6.07, 6.45) is 2.61. The van der Waals surface area contributed by atoms with E-state index in [1.165, 1.54) is 0 Å². The monoisotopic (exact) mass is 158 g/mol. The lowest BCUT2D eigenvalue weighted by molar-refractivity contribution is 0.0209. The molecule has 66 valence electrons. The van der Waals surface area contributed by atoms with Crippen LogP contribution in [0.4, 0.5) is 0 Å². The highest BCUT2D eigenvalue weighted by molar-refractivity contribution is 5.68. The maximum atomic E-state index is 5.11. The van der Waals surface area contributed by atoms with Crippen LogP contribution in [-0.2, 0) is 4.84 Å². The second kappa shape index (κ2) is 4.46. The molecule has 0 aromatic heterocycles. The molecule has 0 aliphatic carbocycles. The molecule has 0 bridgehead atoms. The Balaban J connectivity index is 4.06. The van der Waals surface area contributed by atoms with Crippen molar-refractivity contribution in [1.29, 1.82) is 0 Å². The SMILES string of the molecule is CCC(C)(C=NC(C)C)ON. The molecule has 0 aliphatic rings. The Morgan fingerprint density at radius 1 is 1.64 bits per heavy atom. The quantitative estimate of drug-likeness (QED) is 0.498. The number of aliphatic imine (C=N–C) groups is 1. The highest BCUT2D eigenvalue weighted by atomic mass is 16.6. The molecule has 11 heavy (non-hydrogen) atoms. The van der Waals surface area contributed by atoms with Crippen molar-refractivity contribution < 1.29 is 4.84 Å². The van der Waals surface area contributed by atoms with Gasteiger partial charge in [0.2, 0.25) is 0 Å². The van der Waals surface area contributed by atoms with E-state index in [0.29, 0.717) is 6.04 Å². The van der Waals surface area contributed by atoms with E-state index in [4.69, 9.17) is 10.7 Å². The fourth-order valence-corrected chi connectivity index (χ4v) is 0.512. The number of hydrogen-bond acceptors (Lipinski definition) is 3. The highest BCUT2D eigenvalue weighted by Crippen LogP contribution is 2.09. The summed E-state index contributed by atoms with van der Waals surface area (Å²) in [5.74, 6) is 5.11. The lowest BCUT2D eigenvalue weighted by Crippen LogP contribution is -2.33. The molecule has 1 atom stereocenters. The van der Waals surface area contributed by atoms with Gasteiger partial charge in [0.15, 0.2) is 0 Å². The van der Waals surface area contributed by atoms with E-state index in [9.17, 15) is 0 Å². The Morgan fingerprint density at radius 2 is 2.18 bits per heavy atom. The molecular formula is C8H18N2O. The van der Waals surface area contributed by atoms with Gasteiger partial charge >= 0.3 is 0 Å². The zero-order valence-electron chi connectivity index (χ0n) is 7.79. The number of nitrogens with two attached hydrogens (primary N) is 1. The van der Waals surface area contributed by atoms with Crippen LogP contribution in [0.3, 0.4) is 0 Å². The van der Waals surface area contributed by atoms with Crippen LogP contribution in [-0.4, -0.2) is 17.9 Å². The van der Waals surface area contributed by atoms with Crippen molar-refractivity contribution in [2.75, 3.05) is 0 Å². The molecule has 0 heterocycles. The summed E-state index contributed by atoms with van der Waals surface area (Å²) in [5, 5.41) is 0. The molecule has 0 rings (SSSR count). The third-order valence-corrected chi connectivity index (χ3v) is 1.62. The van der Waals surface area contributed by atoms with Crippen LogP contribution in [0.5, 0.6) is 0 Å². The van der Waals surface area contributed by atoms with E-state index in [1.807, 2.05) is 27.7 Å². The van der Waals surface area contributed by atoms with Gasteiger partial charge < -0.3 is 0 Å². The second-order valence-corrected chi connectivity index (χ2v) is 3.16. The van der Waals surface area contributed by atoms with Crippen LogP contribution in [0.2, 0.25) is 0 Å². The lowest BCUT2D eigenvalue weighted by atomic mass is 10.1. The van der Waals surface area contributed by atoms with E-state index in [-0.39, 0.29) is 0 Å².